The lowest BCUT2D eigenvalue weighted by molar-refractivity contribution is -0.146. The van der Waals surface area contributed by atoms with Gasteiger partial charge in [-0.3, -0.25) is 9.59 Å². The van der Waals surface area contributed by atoms with Gasteiger partial charge >= 0.3 is 0 Å². The highest BCUT2D eigenvalue weighted by atomic mass is 16.5. The van der Waals surface area contributed by atoms with E-state index in [1.807, 2.05) is 56.3 Å². The van der Waals surface area contributed by atoms with Crippen molar-refractivity contribution < 1.29 is 23.5 Å². The third-order valence-corrected chi connectivity index (χ3v) is 5.81. The van der Waals surface area contributed by atoms with E-state index in [1.54, 1.807) is 16.1 Å². The van der Waals surface area contributed by atoms with Crippen molar-refractivity contribution in [3.8, 4) is 0 Å². The summed E-state index contributed by atoms with van der Waals surface area (Å²) in [5, 5.41) is 0. The fraction of sp³-hybridized carbons (Fsp3) is 0.520. The van der Waals surface area contributed by atoms with E-state index in [4.69, 9.17) is 13.9 Å². The van der Waals surface area contributed by atoms with Crippen molar-refractivity contribution in [3.05, 3.63) is 60.1 Å². The molecule has 0 saturated carbocycles. The molecule has 3 rings (SSSR count). The van der Waals surface area contributed by atoms with Crippen molar-refractivity contribution in [2.45, 2.75) is 58.4 Å². The Morgan fingerprint density at radius 1 is 1.16 bits per heavy atom. The smallest absolute Gasteiger partial charge is 0.249 e. The van der Waals surface area contributed by atoms with Crippen LogP contribution in [-0.2, 0) is 32.2 Å². The molecule has 0 unspecified atom stereocenters. The first kappa shape index (κ1) is 24.0. The normalized spacial score (nSPS) is 16.6. The highest BCUT2D eigenvalue weighted by molar-refractivity contribution is 5.85. The lowest BCUT2D eigenvalue weighted by Gasteiger charge is -2.31. The molecule has 174 valence electrons. The van der Waals surface area contributed by atoms with Gasteiger partial charge in [0.2, 0.25) is 11.8 Å². The molecule has 0 spiro atoms. The van der Waals surface area contributed by atoms with Crippen LogP contribution in [0, 0.1) is 0 Å². The zero-order valence-electron chi connectivity index (χ0n) is 19.1. The number of amides is 2. The SMILES string of the molecule is CC[C@H](C)N(CC(=O)N(Cc1ccco1)C[C@H]1CCCO1)C(=O)COCc1ccccc1. The Balaban J connectivity index is 1.61. The van der Waals surface area contributed by atoms with Crippen molar-refractivity contribution >= 4 is 11.8 Å². The number of carbonyl (C=O) groups excluding carboxylic acids is 2. The summed E-state index contributed by atoms with van der Waals surface area (Å²) in [6.45, 7) is 5.85. The first-order valence-corrected chi connectivity index (χ1v) is 11.4. The third-order valence-electron chi connectivity index (χ3n) is 5.81. The van der Waals surface area contributed by atoms with Crippen molar-refractivity contribution in [2.75, 3.05) is 26.3 Å². The maximum atomic E-state index is 13.3. The van der Waals surface area contributed by atoms with Gasteiger partial charge in [-0.15, -0.1) is 0 Å². The minimum Gasteiger partial charge on any atom is -0.467 e. The van der Waals surface area contributed by atoms with Crippen LogP contribution in [0.4, 0.5) is 0 Å². The molecule has 7 nitrogen and oxygen atoms in total. The predicted molar refractivity (Wildman–Crippen MR) is 121 cm³/mol. The van der Waals surface area contributed by atoms with E-state index in [0.29, 0.717) is 25.5 Å². The van der Waals surface area contributed by atoms with Crippen LogP contribution in [0.1, 0.15) is 44.4 Å². The molecule has 32 heavy (non-hydrogen) atoms. The average molecular weight is 443 g/mol. The maximum Gasteiger partial charge on any atom is 0.249 e. The Bertz CT molecular complexity index is 818. The summed E-state index contributed by atoms with van der Waals surface area (Å²) in [5.41, 5.74) is 1.01. The largest absolute Gasteiger partial charge is 0.467 e. The van der Waals surface area contributed by atoms with E-state index in [1.165, 1.54) is 0 Å². The monoisotopic (exact) mass is 442 g/mol. The third kappa shape index (κ3) is 7.21. The summed E-state index contributed by atoms with van der Waals surface area (Å²) >= 11 is 0. The van der Waals surface area contributed by atoms with Crippen LogP contribution in [0.25, 0.3) is 0 Å². The second kappa shape index (κ2) is 12.4. The molecule has 2 atom stereocenters. The second-order valence-electron chi connectivity index (χ2n) is 8.25. The highest BCUT2D eigenvalue weighted by Gasteiger charge is 2.28. The summed E-state index contributed by atoms with van der Waals surface area (Å²) in [4.78, 5) is 29.6. The summed E-state index contributed by atoms with van der Waals surface area (Å²) in [6, 6.07) is 13.3. The molecule has 2 heterocycles. The topological polar surface area (TPSA) is 72.2 Å². The lowest BCUT2D eigenvalue weighted by Crippen LogP contribution is -2.48. The van der Waals surface area contributed by atoms with Crippen LogP contribution in [0.3, 0.4) is 0 Å². The molecular weight excluding hydrogens is 408 g/mol. The van der Waals surface area contributed by atoms with Crippen molar-refractivity contribution in [2.24, 2.45) is 0 Å². The Morgan fingerprint density at radius 3 is 2.62 bits per heavy atom. The van der Waals surface area contributed by atoms with Crippen molar-refractivity contribution in [3.63, 3.8) is 0 Å². The standard InChI is InChI=1S/C25H34N2O5/c1-3-20(2)27(25(29)19-30-18-21-9-5-4-6-10-21)17-24(28)26(15-22-11-7-13-31-22)16-23-12-8-14-32-23/h4-7,9-11,13,20,23H,3,8,12,14-19H2,1-2H3/t20-,23+/m0/s1. The summed E-state index contributed by atoms with van der Waals surface area (Å²) in [7, 11) is 0. The zero-order valence-corrected chi connectivity index (χ0v) is 19.1. The molecule has 0 N–H and O–H groups in total. The fourth-order valence-corrected chi connectivity index (χ4v) is 3.75. The molecule has 0 bridgehead atoms. The predicted octanol–water partition coefficient (Wildman–Crippen LogP) is 3.63. The highest BCUT2D eigenvalue weighted by Crippen LogP contribution is 2.16. The van der Waals surface area contributed by atoms with E-state index in [-0.39, 0.29) is 37.1 Å². The van der Waals surface area contributed by atoms with Gasteiger partial charge in [-0.1, -0.05) is 37.3 Å². The average Bonchev–Trinajstić information content (AvgIpc) is 3.51. The van der Waals surface area contributed by atoms with E-state index >= 15 is 0 Å². The summed E-state index contributed by atoms with van der Waals surface area (Å²) in [6.07, 6.45) is 4.31. The molecule has 1 aromatic carbocycles. The van der Waals surface area contributed by atoms with Crippen LogP contribution >= 0.6 is 0 Å². The van der Waals surface area contributed by atoms with Gasteiger partial charge in [0.05, 0.1) is 25.5 Å². The molecule has 1 saturated heterocycles. The lowest BCUT2D eigenvalue weighted by atomic mass is 10.2. The van der Waals surface area contributed by atoms with Crippen LogP contribution < -0.4 is 0 Å². The minimum absolute atomic E-state index is 0.00989. The molecule has 1 aliphatic rings. The fourth-order valence-electron chi connectivity index (χ4n) is 3.75. The van der Waals surface area contributed by atoms with Gasteiger partial charge in [0.15, 0.2) is 0 Å². The van der Waals surface area contributed by atoms with E-state index in [9.17, 15) is 9.59 Å². The van der Waals surface area contributed by atoms with Crippen LogP contribution in [0.5, 0.6) is 0 Å². The Morgan fingerprint density at radius 2 is 1.97 bits per heavy atom. The van der Waals surface area contributed by atoms with E-state index in [0.717, 1.165) is 31.4 Å². The van der Waals surface area contributed by atoms with Gasteiger partial charge < -0.3 is 23.7 Å². The Hall–Kier alpha value is -2.64. The molecule has 2 aromatic rings. The Kier molecular flexibility index (Phi) is 9.31. The maximum absolute atomic E-state index is 13.3. The van der Waals surface area contributed by atoms with Crippen molar-refractivity contribution in [1.82, 2.24) is 9.80 Å². The molecule has 1 aliphatic heterocycles. The van der Waals surface area contributed by atoms with Gasteiger partial charge in [-0.2, -0.15) is 0 Å². The van der Waals surface area contributed by atoms with Crippen LogP contribution in [0.15, 0.2) is 53.1 Å². The summed E-state index contributed by atoms with van der Waals surface area (Å²) < 4.78 is 16.8. The van der Waals surface area contributed by atoms with Gasteiger partial charge in [0.25, 0.3) is 0 Å². The number of furan rings is 1. The quantitative estimate of drug-likeness (QED) is 0.502. The van der Waals surface area contributed by atoms with Gasteiger partial charge in [0, 0.05) is 19.2 Å². The van der Waals surface area contributed by atoms with Crippen molar-refractivity contribution in [1.29, 1.82) is 0 Å². The molecule has 1 aromatic heterocycles. The molecule has 2 amide bonds. The number of rotatable bonds is 12. The number of carbonyl (C=O) groups is 2. The molecule has 7 heteroatoms. The first-order valence-electron chi connectivity index (χ1n) is 11.4. The molecule has 0 aliphatic carbocycles. The van der Waals surface area contributed by atoms with Gasteiger partial charge in [-0.25, -0.2) is 0 Å². The zero-order chi connectivity index (χ0) is 22.8. The molecular formula is C25H34N2O5. The number of nitrogens with zero attached hydrogens (tertiary/aromatic N) is 2. The second-order valence-corrected chi connectivity index (χ2v) is 8.25. The van der Waals surface area contributed by atoms with Gasteiger partial charge in [0.1, 0.15) is 18.9 Å². The van der Waals surface area contributed by atoms with Gasteiger partial charge in [-0.05, 0) is 43.9 Å². The summed E-state index contributed by atoms with van der Waals surface area (Å²) in [5.74, 6) is 0.413. The first-order chi connectivity index (χ1) is 15.6. The van der Waals surface area contributed by atoms with Crippen LogP contribution in [0.2, 0.25) is 0 Å². The number of ether oxygens (including phenoxy) is 2. The number of benzene rings is 1. The Labute approximate surface area is 190 Å². The molecule has 0 radical (unpaired) electrons. The molecule has 1 fully saturated rings. The number of hydrogen-bond acceptors (Lipinski definition) is 5. The van der Waals surface area contributed by atoms with E-state index in [2.05, 4.69) is 0 Å². The van der Waals surface area contributed by atoms with E-state index < -0.39 is 0 Å². The van der Waals surface area contributed by atoms with Crippen LogP contribution in [-0.4, -0.2) is 60.1 Å². The number of hydrogen-bond donors (Lipinski definition) is 0. The minimum atomic E-state index is -0.182.